The Balaban J connectivity index is 2.85. The Kier molecular flexibility index (Phi) is 3.04. The van der Waals surface area contributed by atoms with E-state index in [9.17, 15) is 0 Å². The van der Waals surface area contributed by atoms with Gasteiger partial charge in [-0.1, -0.05) is 12.2 Å². The fraction of sp³-hybridized carbons (Fsp3) is 0.200. The van der Waals surface area contributed by atoms with Crippen molar-refractivity contribution >= 4 is 11.9 Å². The largest absolute Gasteiger partial charge is 0.384 e. The quantitative estimate of drug-likeness (QED) is 0.742. The number of hydrogen-bond donors (Lipinski definition) is 1. The number of nitrogens with zero attached hydrogens (tertiary/aromatic N) is 2. The molecule has 3 heteroatoms. The van der Waals surface area contributed by atoms with Crippen LogP contribution in [0.5, 0.6) is 0 Å². The lowest BCUT2D eigenvalue weighted by molar-refractivity contribution is 1.20. The van der Waals surface area contributed by atoms with E-state index in [1.165, 1.54) is 0 Å². The standard InChI is InChI=1S/C10H11N3/c1-8-9(4-2-3-7-11)5-6-10(12)13-8/h2,4-6H,3H2,1H3,(H2,12,13). The molecule has 0 aliphatic heterocycles. The van der Waals surface area contributed by atoms with Crippen LogP contribution in [0.3, 0.4) is 0 Å². The Morgan fingerprint density at radius 3 is 3.00 bits per heavy atom. The molecule has 0 spiro atoms. The highest BCUT2D eigenvalue weighted by molar-refractivity contribution is 5.53. The molecule has 1 rings (SSSR count). The zero-order valence-electron chi connectivity index (χ0n) is 7.49. The topological polar surface area (TPSA) is 62.7 Å². The number of nitrogens with two attached hydrogens (primary N) is 1. The fourth-order valence-electron chi connectivity index (χ4n) is 1.01. The predicted octanol–water partition coefficient (Wildman–Crippen LogP) is 1.90. The van der Waals surface area contributed by atoms with Gasteiger partial charge in [0, 0.05) is 5.69 Å². The molecule has 0 aliphatic carbocycles. The van der Waals surface area contributed by atoms with Gasteiger partial charge in [-0.3, -0.25) is 0 Å². The number of nitriles is 1. The maximum Gasteiger partial charge on any atom is 0.123 e. The molecule has 1 aromatic heterocycles. The maximum absolute atomic E-state index is 8.32. The van der Waals surface area contributed by atoms with Crippen LogP contribution in [0.25, 0.3) is 6.08 Å². The molecule has 1 aromatic rings. The van der Waals surface area contributed by atoms with Crippen molar-refractivity contribution in [1.82, 2.24) is 4.98 Å². The van der Waals surface area contributed by atoms with Crippen molar-refractivity contribution in [2.75, 3.05) is 5.73 Å². The Hall–Kier alpha value is -1.82. The van der Waals surface area contributed by atoms with Gasteiger partial charge in [0.15, 0.2) is 0 Å². The van der Waals surface area contributed by atoms with E-state index in [2.05, 4.69) is 4.98 Å². The van der Waals surface area contributed by atoms with Crippen LogP contribution in [-0.2, 0) is 0 Å². The highest BCUT2D eigenvalue weighted by Crippen LogP contribution is 2.09. The van der Waals surface area contributed by atoms with E-state index in [0.717, 1.165) is 11.3 Å². The maximum atomic E-state index is 8.32. The summed E-state index contributed by atoms with van der Waals surface area (Å²) in [5.41, 5.74) is 7.38. The van der Waals surface area contributed by atoms with Crippen LogP contribution in [-0.4, -0.2) is 4.98 Å². The molecule has 0 bridgehead atoms. The monoisotopic (exact) mass is 173 g/mol. The van der Waals surface area contributed by atoms with Gasteiger partial charge in [-0.2, -0.15) is 5.26 Å². The van der Waals surface area contributed by atoms with E-state index in [-0.39, 0.29) is 0 Å². The first-order chi connectivity index (χ1) is 6.24. The molecule has 13 heavy (non-hydrogen) atoms. The summed E-state index contributed by atoms with van der Waals surface area (Å²) in [5, 5.41) is 8.32. The zero-order chi connectivity index (χ0) is 9.68. The van der Waals surface area contributed by atoms with E-state index in [0.29, 0.717) is 12.2 Å². The zero-order valence-corrected chi connectivity index (χ0v) is 7.49. The summed E-state index contributed by atoms with van der Waals surface area (Å²) in [5.74, 6) is 0.523. The average Bonchev–Trinajstić information content (AvgIpc) is 2.09. The Bertz CT molecular complexity index is 361. The summed E-state index contributed by atoms with van der Waals surface area (Å²) in [6.45, 7) is 1.89. The number of aryl methyl sites for hydroxylation is 1. The second-order valence-corrected chi connectivity index (χ2v) is 2.68. The van der Waals surface area contributed by atoms with E-state index >= 15 is 0 Å². The van der Waals surface area contributed by atoms with Gasteiger partial charge < -0.3 is 5.73 Å². The minimum absolute atomic E-state index is 0.420. The average molecular weight is 173 g/mol. The van der Waals surface area contributed by atoms with Gasteiger partial charge in [0.2, 0.25) is 0 Å². The lowest BCUT2D eigenvalue weighted by Crippen LogP contribution is -1.93. The first kappa shape index (κ1) is 9.27. The first-order valence-electron chi connectivity index (χ1n) is 4.00. The highest BCUT2D eigenvalue weighted by Gasteiger charge is 1.94. The van der Waals surface area contributed by atoms with Gasteiger partial charge in [-0.15, -0.1) is 0 Å². The van der Waals surface area contributed by atoms with Crippen molar-refractivity contribution in [3.63, 3.8) is 0 Å². The first-order valence-corrected chi connectivity index (χ1v) is 4.00. The molecule has 0 fully saturated rings. The molecule has 0 atom stereocenters. The third kappa shape index (κ3) is 2.60. The van der Waals surface area contributed by atoms with E-state index < -0.39 is 0 Å². The molecule has 1 heterocycles. The molecule has 0 amide bonds. The van der Waals surface area contributed by atoms with Crippen LogP contribution < -0.4 is 5.73 Å². The van der Waals surface area contributed by atoms with Gasteiger partial charge in [0.05, 0.1) is 12.5 Å². The van der Waals surface area contributed by atoms with E-state index in [1.54, 1.807) is 12.1 Å². The fourth-order valence-corrected chi connectivity index (χ4v) is 1.01. The van der Waals surface area contributed by atoms with Gasteiger partial charge in [0.25, 0.3) is 0 Å². The van der Waals surface area contributed by atoms with E-state index in [1.807, 2.05) is 25.1 Å². The van der Waals surface area contributed by atoms with Crippen LogP contribution in [0, 0.1) is 18.3 Å². The second kappa shape index (κ2) is 4.27. The molecule has 0 aromatic carbocycles. The number of allylic oxidation sites excluding steroid dienone is 1. The molecule has 3 nitrogen and oxygen atoms in total. The smallest absolute Gasteiger partial charge is 0.123 e. The van der Waals surface area contributed by atoms with Crippen LogP contribution >= 0.6 is 0 Å². The summed E-state index contributed by atoms with van der Waals surface area (Å²) in [6.07, 6.45) is 4.11. The SMILES string of the molecule is Cc1nc(N)ccc1C=CCC#N. The number of anilines is 1. The third-order valence-electron chi connectivity index (χ3n) is 1.65. The van der Waals surface area contributed by atoms with Gasteiger partial charge in [-0.05, 0) is 24.6 Å². The number of aromatic nitrogens is 1. The molecular weight excluding hydrogens is 162 g/mol. The van der Waals surface area contributed by atoms with Crippen molar-refractivity contribution in [2.45, 2.75) is 13.3 Å². The third-order valence-corrected chi connectivity index (χ3v) is 1.65. The van der Waals surface area contributed by atoms with Gasteiger partial charge >= 0.3 is 0 Å². The lowest BCUT2D eigenvalue weighted by atomic mass is 10.2. The number of rotatable bonds is 2. The molecule has 0 saturated carbocycles. The Morgan fingerprint density at radius 2 is 2.38 bits per heavy atom. The van der Waals surface area contributed by atoms with Crippen molar-refractivity contribution in [3.05, 3.63) is 29.5 Å². The summed E-state index contributed by atoms with van der Waals surface area (Å²) in [7, 11) is 0. The minimum Gasteiger partial charge on any atom is -0.384 e. The molecule has 0 saturated heterocycles. The molecule has 66 valence electrons. The number of hydrogen-bond acceptors (Lipinski definition) is 3. The van der Waals surface area contributed by atoms with Crippen molar-refractivity contribution in [2.24, 2.45) is 0 Å². The van der Waals surface area contributed by atoms with E-state index in [4.69, 9.17) is 11.0 Å². The minimum atomic E-state index is 0.420. The summed E-state index contributed by atoms with van der Waals surface area (Å²) < 4.78 is 0. The number of pyridine rings is 1. The molecular formula is C10H11N3. The summed E-state index contributed by atoms with van der Waals surface area (Å²) in [4.78, 5) is 4.10. The molecule has 2 N–H and O–H groups in total. The molecule has 0 unspecified atom stereocenters. The van der Waals surface area contributed by atoms with Crippen LogP contribution in [0.1, 0.15) is 17.7 Å². The molecule has 0 aliphatic rings. The van der Waals surface area contributed by atoms with Crippen LogP contribution in [0.4, 0.5) is 5.82 Å². The van der Waals surface area contributed by atoms with Crippen molar-refractivity contribution in [1.29, 1.82) is 5.26 Å². The lowest BCUT2D eigenvalue weighted by Gasteiger charge is -1.99. The normalized spacial score (nSPS) is 10.2. The van der Waals surface area contributed by atoms with Crippen molar-refractivity contribution in [3.8, 4) is 6.07 Å². The van der Waals surface area contributed by atoms with Gasteiger partial charge in [0.1, 0.15) is 5.82 Å². The highest BCUT2D eigenvalue weighted by atomic mass is 14.8. The summed E-state index contributed by atoms with van der Waals surface area (Å²) in [6, 6.07) is 5.68. The van der Waals surface area contributed by atoms with Crippen molar-refractivity contribution < 1.29 is 0 Å². The van der Waals surface area contributed by atoms with Gasteiger partial charge in [-0.25, -0.2) is 4.98 Å². The summed E-state index contributed by atoms with van der Waals surface area (Å²) >= 11 is 0. The number of nitrogen functional groups attached to an aromatic ring is 1. The Morgan fingerprint density at radius 1 is 1.62 bits per heavy atom. The second-order valence-electron chi connectivity index (χ2n) is 2.68. The van der Waals surface area contributed by atoms with Crippen LogP contribution in [0.15, 0.2) is 18.2 Å². The van der Waals surface area contributed by atoms with Crippen LogP contribution in [0.2, 0.25) is 0 Å². The Labute approximate surface area is 77.5 Å². The molecule has 0 radical (unpaired) electrons. The predicted molar refractivity (Wildman–Crippen MR) is 52.7 cm³/mol.